The molecule has 2 unspecified atom stereocenters. The van der Waals surface area contributed by atoms with E-state index < -0.39 is 0 Å². The van der Waals surface area contributed by atoms with E-state index in [0.717, 1.165) is 43.6 Å². The van der Waals surface area contributed by atoms with E-state index in [1.807, 2.05) is 0 Å². The van der Waals surface area contributed by atoms with Crippen LogP contribution in [-0.4, -0.2) is 18.6 Å². The van der Waals surface area contributed by atoms with Crippen LogP contribution in [0.15, 0.2) is 0 Å². The first-order chi connectivity index (χ1) is 9.65. The van der Waals surface area contributed by atoms with E-state index >= 15 is 0 Å². The molecular weight excluding hydrogens is 248 g/mol. The first-order valence-electron chi connectivity index (χ1n) is 8.69. The van der Waals surface area contributed by atoms with Crippen molar-refractivity contribution in [2.24, 2.45) is 17.8 Å². The number of carbonyl (C=O) groups is 1. The van der Waals surface area contributed by atoms with Crippen molar-refractivity contribution in [2.75, 3.05) is 6.54 Å². The smallest absolute Gasteiger partial charge is 0.315 e. The van der Waals surface area contributed by atoms with Crippen LogP contribution in [0.3, 0.4) is 0 Å². The molecule has 3 nitrogen and oxygen atoms in total. The van der Waals surface area contributed by atoms with Crippen molar-refractivity contribution in [3.63, 3.8) is 0 Å². The van der Waals surface area contributed by atoms with Gasteiger partial charge in [0.15, 0.2) is 0 Å². The molecule has 2 aliphatic rings. The van der Waals surface area contributed by atoms with Crippen molar-refractivity contribution < 1.29 is 4.79 Å². The minimum atomic E-state index is 0.0491. The molecule has 0 heterocycles. The number of amides is 2. The number of nitrogens with one attached hydrogen (secondary N) is 2. The summed E-state index contributed by atoms with van der Waals surface area (Å²) in [4.78, 5) is 11.9. The average Bonchev–Trinajstić information content (AvgIpc) is 2.43. The summed E-state index contributed by atoms with van der Waals surface area (Å²) in [5.41, 5.74) is 0. The Kier molecular flexibility index (Phi) is 6.18. The van der Waals surface area contributed by atoms with E-state index in [1.165, 1.54) is 38.5 Å². The summed E-state index contributed by atoms with van der Waals surface area (Å²) >= 11 is 0. The van der Waals surface area contributed by atoms with Gasteiger partial charge in [0.1, 0.15) is 0 Å². The predicted octanol–water partition coefficient (Wildman–Crippen LogP) is 4.08. The summed E-state index contributed by atoms with van der Waals surface area (Å²) in [6.45, 7) is 5.51. The molecular formula is C17H32N2O. The Balaban J connectivity index is 1.58. The lowest BCUT2D eigenvalue weighted by Crippen LogP contribution is -2.44. The third-order valence-electron chi connectivity index (χ3n) is 5.44. The maximum absolute atomic E-state index is 11.9. The highest BCUT2D eigenvalue weighted by molar-refractivity contribution is 5.74. The molecule has 0 bridgehead atoms. The molecule has 0 radical (unpaired) electrons. The molecule has 0 aromatic heterocycles. The molecule has 2 atom stereocenters. The van der Waals surface area contributed by atoms with Gasteiger partial charge in [-0.05, 0) is 49.9 Å². The Morgan fingerprint density at radius 1 is 1.00 bits per heavy atom. The van der Waals surface area contributed by atoms with Gasteiger partial charge in [-0.3, -0.25) is 0 Å². The molecule has 0 spiro atoms. The lowest BCUT2D eigenvalue weighted by atomic mass is 9.79. The van der Waals surface area contributed by atoms with Gasteiger partial charge in [-0.2, -0.15) is 0 Å². The summed E-state index contributed by atoms with van der Waals surface area (Å²) in [5, 5.41) is 6.20. The van der Waals surface area contributed by atoms with Gasteiger partial charge in [0.25, 0.3) is 0 Å². The van der Waals surface area contributed by atoms with E-state index in [1.54, 1.807) is 0 Å². The Morgan fingerprint density at radius 3 is 2.40 bits per heavy atom. The van der Waals surface area contributed by atoms with Crippen molar-refractivity contribution in [3.8, 4) is 0 Å². The van der Waals surface area contributed by atoms with Crippen molar-refractivity contribution in [3.05, 3.63) is 0 Å². The van der Waals surface area contributed by atoms with Crippen LogP contribution in [0.1, 0.15) is 71.6 Å². The average molecular weight is 280 g/mol. The second-order valence-electron chi connectivity index (χ2n) is 7.17. The van der Waals surface area contributed by atoms with Crippen LogP contribution in [0, 0.1) is 17.8 Å². The molecule has 116 valence electrons. The molecule has 0 saturated heterocycles. The highest BCUT2D eigenvalue weighted by atomic mass is 16.2. The van der Waals surface area contributed by atoms with Crippen LogP contribution in [0.5, 0.6) is 0 Å². The summed E-state index contributed by atoms with van der Waals surface area (Å²) in [6.07, 6.45) is 11.4. The van der Waals surface area contributed by atoms with E-state index in [2.05, 4.69) is 24.5 Å². The number of urea groups is 1. The van der Waals surface area contributed by atoms with Crippen LogP contribution in [0.2, 0.25) is 0 Å². The topological polar surface area (TPSA) is 41.1 Å². The lowest BCUT2D eigenvalue weighted by Gasteiger charge is -2.29. The molecule has 0 aromatic rings. The van der Waals surface area contributed by atoms with Gasteiger partial charge >= 0.3 is 6.03 Å². The molecule has 0 aromatic carbocycles. The fourth-order valence-corrected chi connectivity index (χ4v) is 3.83. The van der Waals surface area contributed by atoms with Gasteiger partial charge in [0.2, 0.25) is 0 Å². The zero-order valence-electron chi connectivity index (χ0n) is 13.3. The SMILES string of the molecule is CC1CCC(NC(=O)NCCC2CCCCC2C)CC1. The van der Waals surface area contributed by atoms with E-state index in [-0.39, 0.29) is 6.03 Å². The molecule has 3 heteroatoms. The Bertz CT molecular complexity index is 297. The zero-order chi connectivity index (χ0) is 14.4. The van der Waals surface area contributed by atoms with Crippen LogP contribution in [0.4, 0.5) is 4.79 Å². The highest BCUT2D eigenvalue weighted by Gasteiger charge is 2.22. The second-order valence-corrected chi connectivity index (χ2v) is 7.17. The molecule has 2 N–H and O–H groups in total. The molecule has 0 aliphatic heterocycles. The van der Waals surface area contributed by atoms with E-state index in [9.17, 15) is 4.79 Å². The number of hydrogen-bond acceptors (Lipinski definition) is 1. The molecule has 20 heavy (non-hydrogen) atoms. The quantitative estimate of drug-likeness (QED) is 0.800. The van der Waals surface area contributed by atoms with Crippen molar-refractivity contribution >= 4 is 6.03 Å². The normalized spacial score (nSPS) is 34.5. The Labute approximate surface area is 124 Å². The second kappa shape index (κ2) is 7.90. The fraction of sp³-hybridized carbons (Fsp3) is 0.941. The van der Waals surface area contributed by atoms with Crippen LogP contribution in [0.25, 0.3) is 0 Å². The molecule has 2 saturated carbocycles. The van der Waals surface area contributed by atoms with Crippen LogP contribution >= 0.6 is 0 Å². The minimum absolute atomic E-state index is 0.0491. The molecule has 2 fully saturated rings. The summed E-state index contributed by atoms with van der Waals surface area (Å²) in [7, 11) is 0. The minimum Gasteiger partial charge on any atom is -0.338 e. The molecule has 2 aliphatic carbocycles. The van der Waals surface area contributed by atoms with Gasteiger partial charge in [0.05, 0.1) is 0 Å². The lowest BCUT2D eigenvalue weighted by molar-refractivity contribution is 0.220. The number of rotatable bonds is 4. The van der Waals surface area contributed by atoms with Crippen molar-refractivity contribution in [1.82, 2.24) is 10.6 Å². The predicted molar refractivity (Wildman–Crippen MR) is 83.7 cm³/mol. The molecule has 2 amide bonds. The van der Waals surface area contributed by atoms with Gasteiger partial charge in [-0.15, -0.1) is 0 Å². The largest absolute Gasteiger partial charge is 0.338 e. The van der Waals surface area contributed by atoms with Crippen LogP contribution < -0.4 is 10.6 Å². The maximum Gasteiger partial charge on any atom is 0.315 e. The van der Waals surface area contributed by atoms with Gasteiger partial charge < -0.3 is 10.6 Å². The fourth-order valence-electron chi connectivity index (χ4n) is 3.83. The third kappa shape index (κ3) is 4.99. The number of carbonyl (C=O) groups excluding carboxylic acids is 1. The van der Waals surface area contributed by atoms with Crippen molar-refractivity contribution in [1.29, 1.82) is 0 Å². The van der Waals surface area contributed by atoms with Crippen molar-refractivity contribution in [2.45, 2.75) is 77.7 Å². The summed E-state index contributed by atoms with van der Waals surface area (Å²) in [6, 6.07) is 0.452. The van der Waals surface area contributed by atoms with Gasteiger partial charge in [0, 0.05) is 12.6 Å². The third-order valence-corrected chi connectivity index (χ3v) is 5.44. The summed E-state index contributed by atoms with van der Waals surface area (Å²) < 4.78 is 0. The van der Waals surface area contributed by atoms with Crippen LogP contribution in [-0.2, 0) is 0 Å². The zero-order valence-corrected chi connectivity index (χ0v) is 13.3. The van der Waals surface area contributed by atoms with E-state index in [0.29, 0.717) is 6.04 Å². The first-order valence-corrected chi connectivity index (χ1v) is 8.69. The monoisotopic (exact) mass is 280 g/mol. The Hall–Kier alpha value is -0.730. The molecule has 2 rings (SSSR count). The highest BCUT2D eigenvalue weighted by Crippen LogP contribution is 2.31. The first kappa shape index (κ1) is 15.7. The summed E-state index contributed by atoms with van der Waals surface area (Å²) in [5.74, 6) is 2.50. The Morgan fingerprint density at radius 2 is 1.70 bits per heavy atom. The number of hydrogen-bond donors (Lipinski definition) is 2. The standard InChI is InChI=1S/C17H32N2O/c1-13-7-9-16(10-8-13)19-17(20)18-12-11-15-6-4-3-5-14(15)2/h13-16H,3-12H2,1-2H3,(H2,18,19,20). The maximum atomic E-state index is 11.9. The van der Waals surface area contributed by atoms with Gasteiger partial charge in [-0.25, -0.2) is 4.79 Å². The van der Waals surface area contributed by atoms with Gasteiger partial charge in [-0.1, -0.05) is 39.5 Å². The van der Waals surface area contributed by atoms with E-state index in [4.69, 9.17) is 0 Å².